The van der Waals surface area contributed by atoms with E-state index < -0.39 is 15.8 Å². The van der Waals surface area contributed by atoms with Crippen LogP contribution in [-0.4, -0.2) is 38.9 Å². The van der Waals surface area contributed by atoms with Crippen LogP contribution in [0.3, 0.4) is 0 Å². The first-order valence-corrected chi connectivity index (χ1v) is 7.43. The average molecular weight is 309 g/mol. The predicted molar refractivity (Wildman–Crippen MR) is 74.6 cm³/mol. The van der Waals surface area contributed by atoms with Gasteiger partial charge in [-0.05, 0) is 31.5 Å². The van der Waals surface area contributed by atoms with E-state index in [2.05, 4.69) is 5.32 Å². The first-order valence-electron chi connectivity index (χ1n) is 5.99. The maximum absolute atomic E-state index is 13.9. The van der Waals surface area contributed by atoms with Gasteiger partial charge in [0, 0.05) is 19.6 Å². The molecular formula is C12H18ClFN2O2S. The van der Waals surface area contributed by atoms with Gasteiger partial charge in [0.05, 0.1) is 0 Å². The van der Waals surface area contributed by atoms with Gasteiger partial charge in [-0.25, -0.2) is 12.8 Å². The topological polar surface area (TPSA) is 49.4 Å². The van der Waals surface area contributed by atoms with E-state index in [0.29, 0.717) is 25.2 Å². The fourth-order valence-corrected chi connectivity index (χ4v) is 3.64. The van der Waals surface area contributed by atoms with E-state index in [1.807, 2.05) is 0 Å². The van der Waals surface area contributed by atoms with Crippen molar-refractivity contribution in [3.05, 3.63) is 29.6 Å². The van der Waals surface area contributed by atoms with Gasteiger partial charge in [-0.1, -0.05) is 12.1 Å². The minimum absolute atomic E-state index is 0. The molecule has 19 heavy (non-hydrogen) atoms. The van der Waals surface area contributed by atoms with Gasteiger partial charge < -0.3 is 5.32 Å². The molecule has 4 nitrogen and oxygen atoms in total. The molecule has 0 unspecified atom stereocenters. The average Bonchev–Trinajstić information content (AvgIpc) is 2.61. The van der Waals surface area contributed by atoms with E-state index in [0.717, 1.165) is 13.0 Å². The predicted octanol–water partition coefficient (Wildman–Crippen LogP) is 1.54. The highest BCUT2D eigenvalue weighted by molar-refractivity contribution is 7.89. The number of nitrogens with one attached hydrogen (secondary N) is 1. The van der Waals surface area contributed by atoms with E-state index in [-0.39, 0.29) is 17.3 Å². The minimum Gasteiger partial charge on any atom is -0.315 e. The van der Waals surface area contributed by atoms with Gasteiger partial charge in [-0.3, -0.25) is 0 Å². The third kappa shape index (κ3) is 3.45. The largest absolute Gasteiger partial charge is 0.315 e. The molecule has 0 aromatic heterocycles. The number of sulfonamides is 1. The third-order valence-electron chi connectivity index (χ3n) is 3.07. The number of nitrogens with zero attached hydrogens (tertiary/aromatic N) is 1. The Bertz CT molecular complexity index is 529. The molecule has 1 aliphatic rings. The summed E-state index contributed by atoms with van der Waals surface area (Å²) in [5, 5.41) is 3.13. The summed E-state index contributed by atoms with van der Waals surface area (Å²) >= 11 is 0. The zero-order chi connectivity index (χ0) is 13.2. The molecule has 7 heteroatoms. The zero-order valence-corrected chi connectivity index (χ0v) is 12.4. The van der Waals surface area contributed by atoms with Crippen LogP contribution in [0.2, 0.25) is 0 Å². The van der Waals surface area contributed by atoms with E-state index in [1.165, 1.54) is 10.4 Å². The molecule has 1 aliphatic heterocycles. The standard InChI is InChI=1S/C12H17FN2O2S.ClH/c1-10-4-2-5-11(12(10)13)18(16,17)15-8-3-6-14-7-9-15;/h2,4-5,14H,3,6-9H2,1H3;1H. The van der Waals surface area contributed by atoms with Gasteiger partial charge in [0.15, 0.2) is 0 Å². The van der Waals surface area contributed by atoms with Crippen LogP contribution in [0.25, 0.3) is 0 Å². The Kier molecular flexibility index (Phi) is 5.73. The molecule has 2 rings (SSSR count). The van der Waals surface area contributed by atoms with Crippen molar-refractivity contribution in [1.82, 2.24) is 9.62 Å². The molecule has 1 fully saturated rings. The SMILES string of the molecule is Cc1cccc(S(=O)(=O)N2CCCNCC2)c1F.Cl. The summed E-state index contributed by atoms with van der Waals surface area (Å²) in [5.74, 6) is -0.644. The summed E-state index contributed by atoms with van der Waals surface area (Å²) in [6.45, 7) is 3.78. The molecule has 108 valence electrons. The summed E-state index contributed by atoms with van der Waals surface area (Å²) in [4.78, 5) is -0.218. The highest BCUT2D eigenvalue weighted by atomic mass is 35.5. The molecule has 1 N–H and O–H groups in total. The summed E-state index contributed by atoms with van der Waals surface area (Å²) in [6.07, 6.45) is 0.743. The van der Waals surface area contributed by atoms with Crippen LogP contribution in [-0.2, 0) is 10.0 Å². The number of halogens is 2. The Morgan fingerprint density at radius 1 is 1.26 bits per heavy atom. The molecule has 0 radical (unpaired) electrons. The molecule has 1 heterocycles. The fourth-order valence-electron chi connectivity index (χ4n) is 2.02. The second kappa shape index (κ2) is 6.65. The number of aryl methyl sites for hydroxylation is 1. The van der Waals surface area contributed by atoms with Crippen molar-refractivity contribution in [2.24, 2.45) is 0 Å². The van der Waals surface area contributed by atoms with Gasteiger partial charge in [0.1, 0.15) is 10.7 Å². The summed E-state index contributed by atoms with van der Waals surface area (Å²) in [5.41, 5.74) is 0.351. The van der Waals surface area contributed by atoms with Gasteiger partial charge in [0.25, 0.3) is 0 Å². The van der Waals surface area contributed by atoms with E-state index >= 15 is 0 Å². The Labute approximate surface area is 119 Å². The molecule has 0 bridgehead atoms. The molecular weight excluding hydrogens is 291 g/mol. The Morgan fingerprint density at radius 3 is 2.74 bits per heavy atom. The highest BCUT2D eigenvalue weighted by Gasteiger charge is 2.28. The second-order valence-corrected chi connectivity index (χ2v) is 6.30. The Hall–Kier alpha value is -0.690. The molecule has 0 amide bonds. The maximum atomic E-state index is 13.9. The first-order chi connectivity index (χ1) is 8.53. The lowest BCUT2D eigenvalue weighted by molar-refractivity contribution is 0.427. The number of benzene rings is 1. The van der Waals surface area contributed by atoms with Crippen molar-refractivity contribution < 1.29 is 12.8 Å². The van der Waals surface area contributed by atoms with Crippen molar-refractivity contribution in [1.29, 1.82) is 0 Å². The molecule has 0 saturated carbocycles. The molecule has 0 aliphatic carbocycles. The van der Waals surface area contributed by atoms with Crippen molar-refractivity contribution in [2.75, 3.05) is 26.2 Å². The van der Waals surface area contributed by atoms with E-state index in [1.54, 1.807) is 19.1 Å². The lowest BCUT2D eigenvalue weighted by atomic mass is 10.2. The maximum Gasteiger partial charge on any atom is 0.246 e. The quantitative estimate of drug-likeness (QED) is 0.901. The number of hydrogen-bond donors (Lipinski definition) is 1. The van der Waals surface area contributed by atoms with Crippen molar-refractivity contribution in [2.45, 2.75) is 18.2 Å². The van der Waals surface area contributed by atoms with Gasteiger partial charge >= 0.3 is 0 Å². The van der Waals surface area contributed by atoms with Gasteiger partial charge in [0.2, 0.25) is 10.0 Å². The number of hydrogen-bond acceptors (Lipinski definition) is 3. The zero-order valence-electron chi connectivity index (χ0n) is 10.7. The van der Waals surface area contributed by atoms with Crippen LogP contribution in [0.5, 0.6) is 0 Å². The summed E-state index contributed by atoms with van der Waals surface area (Å²) in [7, 11) is -3.72. The van der Waals surface area contributed by atoms with Crippen molar-refractivity contribution in [3.63, 3.8) is 0 Å². The fraction of sp³-hybridized carbons (Fsp3) is 0.500. The molecule has 0 spiro atoms. The molecule has 1 aromatic rings. The first kappa shape index (κ1) is 16.4. The Morgan fingerprint density at radius 2 is 2.00 bits per heavy atom. The van der Waals surface area contributed by atoms with Crippen LogP contribution < -0.4 is 5.32 Å². The van der Waals surface area contributed by atoms with E-state index in [4.69, 9.17) is 0 Å². The van der Waals surface area contributed by atoms with E-state index in [9.17, 15) is 12.8 Å². The smallest absolute Gasteiger partial charge is 0.246 e. The lowest BCUT2D eigenvalue weighted by Gasteiger charge is -2.20. The van der Waals surface area contributed by atoms with Crippen LogP contribution >= 0.6 is 12.4 Å². The van der Waals surface area contributed by atoms with Crippen LogP contribution in [0.15, 0.2) is 23.1 Å². The van der Waals surface area contributed by atoms with Crippen LogP contribution in [0.1, 0.15) is 12.0 Å². The molecule has 1 saturated heterocycles. The summed E-state index contributed by atoms with van der Waals surface area (Å²) < 4.78 is 40.0. The van der Waals surface area contributed by atoms with Crippen LogP contribution in [0.4, 0.5) is 4.39 Å². The molecule has 1 aromatic carbocycles. The highest BCUT2D eigenvalue weighted by Crippen LogP contribution is 2.21. The van der Waals surface area contributed by atoms with Crippen molar-refractivity contribution in [3.8, 4) is 0 Å². The minimum atomic E-state index is -3.72. The summed E-state index contributed by atoms with van der Waals surface area (Å²) in [6, 6.07) is 4.47. The van der Waals surface area contributed by atoms with Crippen LogP contribution in [0, 0.1) is 12.7 Å². The number of rotatable bonds is 2. The molecule has 0 atom stereocenters. The third-order valence-corrected chi connectivity index (χ3v) is 4.99. The van der Waals surface area contributed by atoms with Gasteiger partial charge in [-0.15, -0.1) is 12.4 Å². The van der Waals surface area contributed by atoms with Gasteiger partial charge in [-0.2, -0.15) is 4.31 Å². The second-order valence-electron chi connectivity index (χ2n) is 4.39. The Balaban J connectivity index is 0.00000180. The monoisotopic (exact) mass is 308 g/mol. The lowest BCUT2D eigenvalue weighted by Crippen LogP contribution is -2.34. The normalized spacial score (nSPS) is 17.6. The van der Waals surface area contributed by atoms with Crippen molar-refractivity contribution >= 4 is 22.4 Å².